The van der Waals surface area contributed by atoms with E-state index in [9.17, 15) is 5.21 Å². The van der Waals surface area contributed by atoms with Crippen LogP contribution in [0.1, 0.15) is 0 Å². The smallest absolute Gasteiger partial charge is 0.187 e. The summed E-state index contributed by atoms with van der Waals surface area (Å²) in [4.78, 5) is 13.4. The molecule has 2 heterocycles. The van der Waals surface area contributed by atoms with Crippen molar-refractivity contribution in [3.05, 3.63) is 63.7 Å². The van der Waals surface area contributed by atoms with E-state index in [2.05, 4.69) is 15.0 Å². The maximum atomic E-state index is 11.2. The molecule has 2 aromatic heterocycles. The molecule has 0 aliphatic rings. The zero-order chi connectivity index (χ0) is 22.1. The minimum Gasteiger partial charge on any atom is -0.495 e. The first kappa shape index (κ1) is 21.8. The third kappa shape index (κ3) is 4.06. The van der Waals surface area contributed by atoms with Gasteiger partial charge in [-0.3, -0.25) is 0 Å². The van der Waals surface area contributed by atoms with Crippen LogP contribution in [0.4, 0.5) is 0 Å². The van der Waals surface area contributed by atoms with Gasteiger partial charge < -0.3 is 9.94 Å². The molecule has 4 aromatic rings. The van der Waals surface area contributed by atoms with Gasteiger partial charge >= 0.3 is 0 Å². The predicted octanol–water partition coefficient (Wildman–Crippen LogP) is 6.60. The largest absolute Gasteiger partial charge is 0.495 e. The summed E-state index contributed by atoms with van der Waals surface area (Å²) in [5.41, 5.74) is 2.36. The van der Waals surface area contributed by atoms with Crippen LogP contribution in [-0.4, -0.2) is 38.3 Å². The second kappa shape index (κ2) is 8.96. The Morgan fingerprint density at radius 1 is 1.00 bits per heavy atom. The second-order valence-electron chi connectivity index (χ2n) is 6.32. The molecule has 0 aliphatic heterocycles. The van der Waals surface area contributed by atoms with Crippen LogP contribution in [0.5, 0.6) is 5.75 Å². The van der Waals surface area contributed by atoms with Crippen molar-refractivity contribution in [3.8, 4) is 39.8 Å². The molecule has 0 bridgehead atoms. The maximum Gasteiger partial charge on any atom is 0.187 e. The lowest BCUT2D eigenvalue weighted by molar-refractivity contribution is 0.195. The highest BCUT2D eigenvalue weighted by atomic mass is 35.5. The van der Waals surface area contributed by atoms with Crippen LogP contribution in [0.3, 0.4) is 0 Å². The van der Waals surface area contributed by atoms with Crippen LogP contribution in [0, 0.1) is 0 Å². The average molecular weight is 494 g/mol. The van der Waals surface area contributed by atoms with Crippen LogP contribution >= 0.6 is 46.6 Å². The van der Waals surface area contributed by atoms with Crippen LogP contribution in [0.2, 0.25) is 15.1 Å². The van der Waals surface area contributed by atoms with Gasteiger partial charge in [-0.1, -0.05) is 58.7 Å². The molecule has 31 heavy (non-hydrogen) atoms. The first-order chi connectivity index (χ1) is 14.9. The predicted molar refractivity (Wildman–Crippen MR) is 125 cm³/mol. The molecule has 0 saturated carbocycles. The fourth-order valence-corrected chi connectivity index (χ4v) is 4.21. The Hall–Kier alpha value is -2.45. The molecule has 10 heteroatoms. The van der Waals surface area contributed by atoms with Crippen LogP contribution in [0.15, 0.2) is 53.8 Å². The Morgan fingerprint density at radius 2 is 1.74 bits per heavy atom. The molecule has 4 rings (SSSR count). The lowest BCUT2D eigenvalue weighted by atomic mass is 10.1. The Balaban J connectivity index is 2.03. The van der Waals surface area contributed by atoms with E-state index in [1.165, 1.54) is 18.9 Å². The molecule has 0 amide bonds. The number of benzene rings is 2. The Bertz CT molecular complexity index is 1260. The quantitative estimate of drug-likeness (QED) is 0.192. The summed E-state index contributed by atoms with van der Waals surface area (Å²) in [6.07, 6.45) is 3.49. The van der Waals surface area contributed by atoms with Crippen molar-refractivity contribution >= 4 is 46.6 Å². The SMILES string of the molecule is COc1cc(-c2nc(-c3c(Cl)cccc3Cl)n(O)c2-c2ccnc(SC)n2)ccc1Cl. The second-order valence-corrected chi connectivity index (χ2v) is 8.31. The summed E-state index contributed by atoms with van der Waals surface area (Å²) in [7, 11) is 1.53. The van der Waals surface area contributed by atoms with Gasteiger partial charge in [0.25, 0.3) is 0 Å². The van der Waals surface area contributed by atoms with Gasteiger partial charge in [-0.25, -0.2) is 15.0 Å². The highest BCUT2D eigenvalue weighted by molar-refractivity contribution is 7.98. The molecule has 0 fully saturated rings. The first-order valence-corrected chi connectivity index (χ1v) is 11.3. The number of imidazole rings is 1. The first-order valence-electron chi connectivity index (χ1n) is 8.92. The molecule has 0 aliphatic carbocycles. The number of nitrogens with zero attached hydrogens (tertiary/aromatic N) is 4. The van der Waals surface area contributed by atoms with Crippen molar-refractivity contribution in [3.63, 3.8) is 0 Å². The van der Waals surface area contributed by atoms with Gasteiger partial charge in [0.2, 0.25) is 0 Å². The van der Waals surface area contributed by atoms with Crippen LogP contribution in [0.25, 0.3) is 34.0 Å². The molecule has 0 spiro atoms. The van der Waals surface area contributed by atoms with Crippen molar-refractivity contribution in [2.45, 2.75) is 5.16 Å². The Labute approximate surface area is 197 Å². The molecular weight excluding hydrogens is 479 g/mol. The lowest BCUT2D eigenvalue weighted by Gasteiger charge is -2.09. The molecule has 2 aromatic carbocycles. The van der Waals surface area contributed by atoms with Gasteiger partial charge in [0.15, 0.2) is 11.0 Å². The van der Waals surface area contributed by atoms with E-state index in [1.54, 1.807) is 48.7 Å². The van der Waals surface area contributed by atoms with Crippen LogP contribution < -0.4 is 4.74 Å². The fourth-order valence-electron chi connectivity index (χ4n) is 3.09. The van der Waals surface area contributed by atoms with E-state index in [0.717, 1.165) is 4.73 Å². The van der Waals surface area contributed by atoms with Crippen molar-refractivity contribution in [2.24, 2.45) is 0 Å². The zero-order valence-corrected chi connectivity index (χ0v) is 19.4. The summed E-state index contributed by atoms with van der Waals surface area (Å²) >= 11 is 20.4. The van der Waals surface area contributed by atoms with E-state index in [-0.39, 0.29) is 5.82 Å². The monoisotopic (exact) mass is 492 g/mol. The molecular formula is C21H15Cl3N4O2S. The molecule has 0 radical (unpaired) electrons. The Morgan fingerprint density at radius 3 is 2.42 bits per heavy atom. The van der Waals surface area contributed by atoms with E-state index >= 15 is 0 Å². The highest BCUT2D eigenvalue weighted by Gasteiger charge is 2.25. The maximum absolute atomic E-state index is 11.2. The van der Waals surface area contributed by atoms with Gasteiger partial charge in [-0.2, -0.15) is 4.73 Å². The minimum absolute atomic E-state index is 0.179. The number of halogens is 3. The van der Waals surface area contributed by atoms with Gasteiger partial charge in [-0.05, 0) is 36.6 Å². The number of thioether (sulfide) groups is 1. The van der Waals surface area contributed by atoms with Gasteiger partial charge in [0.1, 0.15) is 17.1 Å². The van der Waals surface area contributed by atoms with E-state index < -0.39 is 0 Å². The normalized spacial score (nSPS) is 11.0. The fraction of sp³-hybridized carbons (Fsp3) is 0.0952. The van der Waals surface area contributed by atoms with Crippen molar-refractivity contribution in [1.82, 2.24) is 19.7 Å². The molecule has 158 valence electrons. The topological polar surface area (TPSA) is 73.1 Å². The number of ether oxygens (including phenoxy) is 1. The average Bonchev–Trinajstić information content (AvgIpc) is 3.11. The third-order valence-electron chi connectivity index (χ3n) is 4.52. The van der Waals surface area contributed by atoms with E-state index in [1.807, 2.05) is 6.26 Å². The standard InChI is InChI=1S/C21H15Cl3N4O2S/c1-30-16-10-11(6-7-12(16)22)18-19(15-8-9-25-21(26-15)31-2)28(29)20(27-18)17-13(23)4-3-5-14(17)24/h3-10,29H,1-2H3. The molecule has 1 N–H and O–H groups in total. The van der Waals surface area contributed by atoms with Crippen molar-refractivity contribution in [2.75, 3.05) is 13.4 Å². The van der Waals surface area contributed by atoms with Crippen LogP contribution in [-0.2, 0) is 0 Å². The van der Waals surface area contributed by atoms with E-state index in [4.69, 9.17) is 39.5 Å². The number of rotatable bonds is 5. The Kier molecular flexibility index (Phi) is 6.29. The molecule has 0 unspecified atom stereocenters. The zero-order valence-electron chi connectivity index (χ0n) is 16.3. The lowest BCUT2D eigenvalue weighted by Crippen LogP contribution is -2.00. The molecule has 0 saturated heterocycles. The molecule has 6 nitrogen and oxygen atoms in total. The summed E-state index contributed by atoms with van der Waals surface area (Å²) in [6.45, 7) is 0. The number of aromatic nitrogens is 4. The molecule has 0 atom stereocenters. The van der Waals surface area contributed by atoms with Gasteiger partial charge in [0.05, 0.1) is 33.4 Å². The number of hydrogen-bond acceptors (Lipinski definition) is 6. The summed E-state index contributed by atoms with van der Waals surface area (Å²) < 4.78 is 6.29. The summed E-state index contributed by atoms with van der Waals surface area (Å²) in [5.74, 6) is 0.654. The van der Waals surface area contributed by atoms with E-state index in [0.29, 0.717) is 54.2 Å². The van der Waals surface area contributed by atoms with Crippen molar-refractivity contribution < 1.29 is 9.94 Å². The van der Waals surface area contributed by atoms with Gasteiger partial charge in [0, 0.05) is 11.8 Å². The third-order valence-corrected chi connectivity index (χ3v) is 6.03. The highest BCUT2D eigenvalue weighted by Crippen LogP contribution is 2.41. The van der Waals surface area contributed by atoms with Gasteiger partial charge in [-0.15, -0.1) is 0 Å². The van der Waals surface area contributed by atoms with Crippen molar-refractivity contribution in [1.29, 1.82) is 0 Å². The summed E-state index contributed by atoms with van der Waals surface area (Å²) in [5, 5.41) is 12.9. The number of methoxy groups -OCH3 is 1. The minimum atomic E-state index is 0.179. The summed E-state index contributed by atoms with van der Waals surface area (Å²) in [6, 6.07) is 12.0. The number of hydrogen-bond donors (Lipinski definition) is 1.